The fourth-order valence-corrected chi connectivity index (χ4v) is 2.26. The number of ether oxygens (including phenoxy) is 1. The Morgan fingerprint density at radius 3 is 2.80 bits per heavy atom. The molecule has 0 radical (unpaired) electrons. The lowest BCUT2D eigenvalue weighted by atomic mass is 10.2. The highest BCUT2D eigenvalue weighted by Crippen LogP contribution is 2.18. The van der Waals surface area contributed by atoms with Crippen molar-refractivity contribution in [3.05, 3.63) is 34.8 Å². The van der Waals surface area contributed by atoms with E-state index in [0.29, 0.717) is 30.1 Å². The van der Waals surface area contributed by atoms with Crippen LogP contribution in [0.25, 0.3) is 0 Å². The van der Waals surface area contributed by atoms with E-state index in [-0.39, 0.29) is 5.91 Å². The van der Waals surface area contributed by atoms with Gasteiger partial charge in [-0.1, -0.05) is 11.4 Å². The second-order valence-electron chi connectivity index (χ2n) is 4.02. The van der Waals surface area contributed by atoms with Gasteiger partial charge in [0, 0.05) is 12.2 Å². The van der Waals surface area contributed by atoms with Gasteiger partial charge in [-0.2, -0.15) is 0 Å². The predicted octanol–water partition coefficient (Wildman–Crippen LogP) is 1.69. The van der Waals surface area contributed by atoms with Gasteiger partial charge in [-0.15, -0.1) is 5.10 Å². The summed E-state index contributed by atoms with van der Waals surface area (Å²) >= 11 is 1.10. The number of aromatic nitrogens is 2. The van der Waals surface area contributed by atoms with Gasteiger partial charge in [0.2, 0.25) is 0 Å². The molecule has 0 bridgehead atoms. The minimum absolute atomic E-state index is 0.188. The number of benzene rings is 1. The Morgan fingerprint density at radius 2 is 2.15 bits per heavy atom. The summed E-state index contributed by atoms with van der Waals surface area (Å²) < 4.78 is 9.17. The molecule has 0 aliphatic carbocycles. The van der Waals surface area contributed by atoms with Crippen molar-refractivity contribution in [3.63, 3.8) is 0 Å². The number of carbonyl (C=O) groups excluding carboxylic acids is 1. The number of carbonyl (C=O) groups is 1. The Morgan fingerprint density at radius 1 is 1.40 bits per heavy atom. The maximum atomic E-state index is 12.1. The van der Waals surface area contributed by atoms with Crippen LogP contribution >= 0.6 is 11.5 Å². The van der Waals surface area contributed by atoms with Crippen molar-refractivity contribution in [2.45, 2.75) is 13.3 Å². The van der Waals surface area contributed by atoms with Crippen LogP contribution in [-0.2, 0) is 6.42 Å². The Balaban J connectivity index is 2.01. The highest BCUT2D eigenvalue weighted by Gasteiger charge is 2.14. The molecule has 0 fully saturated rings. The van der Waals surface area contributed by atoms with Gasteiger partial charge in [0.05, 0.1) is 5.69 Å². The number of anilines is 1. The molecule has 2 rings (SSSR count). The molecule has 0 spiro atoms. The number of aryl methyl sites for hydroxylation is 1. The van der Waals surface area contributed by atoms with Crippen LogP contribution < -0.4 is 15.8 Å². The van der Waals surface area contributed by atoms with Gasteiger partial charge in [-0.05, 0) is 42.2 Å². The number of hydrogen-bond acceptors (Lipinski definition) is 6. The zero-order chi connectivity index (χ0) is 14.4. The molecule has 0 saturated heterocycles. The summed E-state index contributed by atoms with van der Waals surface area (Å²) in [4.78, 5) is 12.6. The van der Waals surface area contributed by atoms with E-state index in [4.69, 9.17) is 10.5 Å². The fraction of sp³-hybridized carbons (Fsp3) is 0.308. The minimum atomic E-state index is -0.188. The van der Waals surface area contributed by atoms with Crippen LogP contribution in [0.5, 0.6) is 5.75 Å². The Hall–Kier alpha value is -1.99. The van der Waals surface area contributed by atoms with Crippen molar-refractivity contribution in [2.24, 2.45) is 5.73 Å². The first-order chi connectivity index (χ1) is 9.74. The summed E-state index contributed by atoms with van der Waals surface area (Å²) in [5.41, 5.74) is 6.78. The number of rotatable bonds is 6. The predicted molar refractivity (Wildman–Crippen MR) is 78.2 cm³/mol. The van der Waals surface area contributed by atoms with Crippen molar-refractivity contribution < 1.29 is 9.53 Å². The molecule has 7 heteroatoms. The van der Waals surface area contributed by atoms with E-state index in [1.807, 2.05) is 6.92 Å². The summed E-state index contributed by atoms with van der Waals surface area (Å²) in [5, 5.41) is 6.73. The molecule has 1 amide bonds. The number of nitrogens with two attached hydrogens (primary N) is 1. The van der Waals surface area contributed by atoms with Crippen LogP contribution in [0.3, 0.4) is 0 Å². The number of nitrogens with zero attached hydrogens (tertiary/aromatic N) is 2. The standard InChI is InChI=1S/C13H16N4O2S/c1-2-11-12(20-17-16-11)13(18)15-9-3-5-10(6-4-9)19-8-7-14/h3-6H,2,7-8,14H2,1H3,(H,15,18). The van der Waals surface area contributed by atoms with Crippen molar-refractivity contribution >= 4 is 23.1 Å². The van der Waals surface area contributed by atoms with Crippen LogP contribution in [0.1, 0.15) is 22.3 Å². The molecule has 106 valence electrons. The molecule has 0 unspecified atom stereocenters. The first-order valence-electron chi connectivity index (χ1n) is 6.30. The number of amides is 1. The Labute approximate surface area is 121 Å². The number of nitrogens with one attached hydrogen (secondary N) is 1. The maximum absolute atomic E-state index is 12.1. The van der Waals surface area contributed by atoms with Crippen molar-refractivity contribution in [3.8, 4) is 5.75 Å². The van der Waals surface area contributed by atoms with E-state index in [9.17, 15) is 4.79 Å². The van der Waals surface area contributed by atoms with Gasteiger partial charge in [0.1, 0.15) is 17.2 Å². The summed E-state index contributed by atoms with van der Waals surface area (Å²) in [7, 11) is 0. The van der Waals surface area contributed by atoms with Gasteiger partial charge in [0.25, 0.3) is 5.91 Å². The van der Waals surface area contributed by atoms with Crippen molar-refractivity contribution in [1.29, 1.82) is 0 Å². The third kappa shape index (κ3) is 3.52. The quantitative estimate of drug-likeness (QED) is 0.845. The van der Waals surface area contributed by atoms with Gasteiger partial charge in [-0.3, -0.25) is 4.79 Å². The molecular formula is C13H16N4O2S. The van der Waals surface area contributed by atoms with E-state index in [2.05, 4.69) is 14.9 Å². The first kappa shape index (κ1) is 14.4. The van der Waals surface area contributed by atoms with E-state index in [1.165, 1.54) is 0 Å². The molecule has 1 aromatic carbocycles. The third-order valence-corrected chi connectivity index (χ3v) is 3.36. The lowest BCUT2D eigenvalue weighted by Crippen LogP contribution is -2.12. The van der Waals surface area contributed by atoms with Gasteiger partial charge in [0.15, 0.2) is 0 Å². The van der Waals surface area contributed by atoms with E-state index < -0.39 is 0 Å². The summed E-state index contributed by atoms with van der Waals surface area (Å²) in [6, 6.07) is 7.14. The maximum Gasteiger partial charge on any atom is 0.269 e. The molecule has 6 nitrogen and oxygen atoms in total. The van der Waals surface area contributed by atoms with Gasteiger partial charge >= 0.3 is 0 Å². The van der Waals surface area contributed by atoms with E-state index >= 15 is 0 Å². The largest absolute Gasteiger partial charge is 0.492 e. The molecule has 0 aliphatic heterocycles. The van der Waals surface area contributed by atoms with Crippen LogP contribution in [0, 0.1) is 0 Å². The Kier molecular flexibility index (Phi) is 5.03. The van der Waals surface area contributed by atoms with Gasteiger partial charge in [-0.25, -0.2) is 0 Å². The summed E-state index contributed by atoms with van der Waals surface area (Å²) in [5.74, 6) is 0.537. The van der Waals surface area contributed by atoms with Crippen LogP contribution in [0.15, 0.2) is 24.3 Å². The van der Waals surface area contributed by atoms with Crippen molar-refractivity contribution in [1.82, 2.24) is 9.59 Å². The third-order valence-electron chi connectivity index (χ3n) is 2.60. The zero-order valence-corrected chi connectivity index (χ0v) is 11.9. The molecule has 0 aliphatic rings. The van der Waals surface area contributed by atoms with E-state index in [0.717, 1.165) is 23.0 Å². The van der Waals surface area contributed by atoms with Crippen molar-refractivity contribution in [2.75, 3.05) is 18.5 Å². The smallest absolute Gasteiger partial charge is 0.269 e. The molecular weight excluding hydrogens is 276 g/mol. The SMILES string of the molecule is CCc1nnsc1C(=O)Nc1ccc(OCCN)cc1. The molecule has 3 N–H and O–H groups in total. The second kappa shape index (κ2) is 6.97. The highest BCUT2D eigenvalue weighted by atomic mass is 32.1. The van der Waals surface area contributed by atoms with Crippen LogP contribution in [-0.4, -0.2) is 28.6 Å². The normalized spacial score (nSPS) is 10.3. The fourth-order valence-electron chi connectivity index (χ4n) is 1.61. The molecule has 2 aromatic rings. The Bertz CT molecular complexity index is 568. The lowest BCUT2D eigenvalue weighted by molar-refractivity contribution is 0.102. The van der Waals surface area contributed by atoms with Crippen LogP contribution in [0.2, 0.25) is 0 Å². The van der Waals surface area contributed by atoms with E-state index in [1.54, 1.807) is 24.3 Å². The molecule has 0 saturated carbocycles. The molecule has 0 atom stereocenters. The molecule has 1 aromatic heterocycles. The zero-order valence-electron chi connectivity index (χ0n) is 11.1. The topological polar surface area (TPSA) is 90.1 Å². The van der Waals surface area contributed by atoms with Crippen LogP contribution in [0.4, 0.5) is 5.69 Å². The van der Waals surface area contributed by atoms with Gasteiger partial charge < -0.3 is 15.8 Å². The molecule has 1 heterocycles. The first-order valence-corrected chi connectivity index (χ1v) is 7.07. The minimum Gasteiger partial charge on any atom is -0.492 e. The average molecular weight is 292 g/mol. The summed E-state index contributed by atoms with van der Waals surface area (Å²) in [6.07, 6.45) is 0.686. The monoisotopic (exact) mass is 292 g/mol. The average Bonchev–Trinajstić information content (AvgIpc) is 2.95. The number of hydrogen-bond donors (Lipinski definition) is 2. The second-order valence-corrected chi connectivity index (χ2v) is 4.77. The molecule has 20 heavy (non-hydrogen) atoms. The summed E-state index contributed by atoms with van der Waals surface area (Å²) in [6.45, 7) is 2.88. The highest BCUT2D eigenvalue weighted by molar-refractivity contribution is 7.08. The lowest BCUT2D eigenvalue weighted by Gasteiger charge is -2.07.